The number of thiazole rings is 1. The topological polar surface area (TPSA) is 101 Å². The van der Waals surface area contributed by atoms with E-state index in [1.165, 1.54) is 16.8 Å². The Hall–Kier alpha value is -2.48. The van der Waals surface area contributed by atoms with Gasteiger partial charge in [-0.25, -0.2) is 9.97 Å². The molecular weight excluding hydrogens is 434 g/mol. The lowest BCUT2D eigenvalue weighted by Crippen LogP contribution is -2.56. The average molecular weight is 470 g/mol. The Morgan fingerprint density at radius 2 is 2.12 bits per heavy atom. The zero-order valence-electron chi connectivity index (χ0n) is 20.0. The number of likely N-dealkylation sites (tertiary alicyclic amines) is 1. The normalized spacial score (nSPS) is 25.1. The Labute approximate surface area is 200 Å². The minimum Gasteiger partial charge on any atom is -0.383 e. The van der Waals surface area contributed by atoms with E-state index in [4.69, 9.17) is 5.73 Å². The molecule has 33 heavy (non-hydrogen) atoms. The van der Waals surface area contributed by atoms with Gasteiger partial charge in [-0.05, 0) is 74.3 Å². The number of nitrogens with two attached hydrogens (primary N) is 1. The number of carbonyl (C=O) groups is 2. The van der Waals surface area contributed by atoms with Gasteiger partial charge in [-0.3, -0.25) is 9.59 Å². The summed E-state index contributed by atoms with van der Waals surface area (Å²) in [5, 5.41) is 2.74. The summed E-state index contributed by atoms with van der Waals surface area (Å²) in [7, 11) is 0. The number of aryl methyl sites for hydroxylation is 2. The molecule has 3 N–H and O–H groups in total. The van der Waals surface area contributed by atoms with Crippen LogP contribution in [0.1, 0.15) is 56.2 Å². The number of amides is 2. The van der Waals surface area contributed by atoms with Crippen molar-refractivity contribution in [1.82, 2.24) is 14.9 Å². The van der Waals surface area contributed by atoms with Crippen molar-refractivity contribution in [3.8, 4) is 0 Å². The van der Waals surface area contributed by atoms with Crippen LogP contribution >= 0.6 is 11.3 Å². The van der Waals surface area contributed by atoms with Gasteiger partial charge in [0.05, 0.1) is 23.1 Å². The van der Waals surface area contributed by atoms with Gasteiger partial charge in [0.2, 0.25) is 0 Å². The molecule has 1 fully saturated rings. The van der Waals surface area contributed by atoms with Crippen LogP contribution in [0.2, 0.25) is 0 Å². The van der Waals surface area contributed by atoms with Gasteiger partial charge < -0.3 is 16.0 Å². The minimum absolute atomic E-state index is 0.0596. The van der Waals surface area contributed by atoms with Crippen LogP contribution in [-0.4, -0.2) is 39.3 Å². The number of fused-ring (bicyclic) bond motifs is 1. The Bertz CT molecular complexity index is 1020. The summed E-state index contributed by atoms with van der Waals surface area (Å²) in [6, 6.07) is 1.80. The van der Waals surface area contributed by atoms with E-state index in [9.17, 15) is 9.59 Å². The van der Waals surface area contributed by atoms with Gasteiger partial charge in [0.25, 0.3) is 0 Å². The maximum atomic E-state index is 13.4. The first-order chi connectivity index (χ1) is 15.7. The maximum Gasteiger partial charge on any atom is 0.313 e. The van der Waals surface area contributed by atoms with E-state index in [-0.39, 0.29) is 6.04 Å². The third-order valence-corrected chi connectivity index (χ3v) is 8.24. The van der Waals surface area contributed by atoms with Crippen LogP contribution in [0.3, 0.4) is 0 Å². The number of rotatable bonds is 4. The number of pyridine rings is 1. The van der Waals surface area contributed by atoms with Crippen LogP contribution in [0.25, 0.3) is 0 Å². The second-order valence-electron chi connectivity index (χ2n) is 10.2. The van der Waals surface area contributed by atoms with Gasteiger partial charge in [0, 0.05) is 17.5 Å². The number of aromatic nitrogens is 2. The lowest BCUT2D eigenvalue weighted by molar-refractivity contribution is -0.148. The summed E-state index contributed by atoms with van der Waals surface area (Å²) < 4.78 is 0. The van der Waals surface area contributed by atoms with Crippen molar-refractivity contribution in [2.75, 3.05) is 17.6 Å². The standard InChI is InChI=1S/C25H35N5O2S/c1-14(2)7-18-10-21(17-5-6-22-20(9-17)28-13-33-22)30(12-16(18)4)25(32)24(31)29-19-8-15(3)23(26)27-11-19/h8,11,13-14,16-18,21H,5-7,9-10,12H2,1-4H3,(H2,26,27)(H,29,31)/t16-,17?,18-,21-/m0/s1. The Kier molecular flexibility index (Phi) is 7.02. The number of nitrogens with one attached hydrogen (secondary N) is 1. The number of nitrogen functional groups attached to an aromatic ring is 1. The van der Waals surface area contributed by atoms with E-state index in [1.54, 1.807) is 17.4 Å². The first kappa shape index (κ1) is 23.7. The smallest absolute Gasteiger partial charge is 0.313 e. The highest BCUT2D eigenvalue weighted by Gasteiger charge is 2.42. The molecule has 0 bridgehead atoms. The van der Waals surface area contributed by atoms with Crippen molar-refractivity contribution < 1.29 is 9.59 Å². The van der Waals surface area contributed by atoms with Crippen molar-refractivity contribution in [1.29, 1.82) is 0 Å². The van der Waals surface area contributed by atoms with Gasteiger partial charge in [0.1, 0.15) is 5.82 Å². The lowest BCUT2D eigenvalue weighted by atomic mass is 9.72. The molecule has 1 unspecified atom stereocenters. The van der Waals surface area contributed by atoms with Crippen molar-refractivity contribution in [3.63, 3.8) is 0 Å². The fraction of sp³-hybridized carbons (Fsp3) is 0.600. The molecule has 0 spiro atoms. The Morgan fingerprint density at radius 3 is 2.85 bits per heavy atom. The van der Waals surface area contributed by atoms with Gasteiger partial charge >= 0.3 is 11.8 Å². The zero-order chi connectivity index (χ0) is 23.7. The first-order valence-electron chi connectivity index (χ1n) is 12.0. The predicted octanol–water partition coefficient (Wildman–Crippen LogP) is 4.07. The van der Waals surface area contributed by atoms with E-state index in [0.29, 0.717) is 41.7 Å². The molecule has 178 valence electrons. The molecule has 2 amide bonds. The monoisotopic (exact) mass is 469 g/mol. The second-order valence-corrected chi connectivity index (χ2v) is 11.2. The van der Waals surface area contributed by atoms with E-state index in [0.717, 1.165) is 37.7 Å². The molecule has 0 saturated carbocycles. The number of carbonyl (C=O) groups excluding carboxylic acids is 2. The molecule has 2 aromatic heterocycles. The average Bonchev–Trinajstić information content (AvgIpc) is 3.24. The number of nitrogens with zero attached hydrogens (tertiary/aromatic N) is 3. The van der Waals surface area contributed by atoms with E-state index < -0.39 is 11.8 Å². The molecule has 7 nitrogen and oxygen atoms in total. The number of hydrogen-bond donors (Lipinski definition) is 2. The number of hydrogen-bond acceptors (Lipinski definition) is 6. The minimum atomic E-state index is -0.606. The first-order valence-corrected chi connectivity index (χ1v) is 12.9. The molecule has 3 heterocycles. The van der Waals surface area contributed by atoms with Gasteiger partial charge in [0.15, 0.2) is 0 Å². The molecule has 2 aliphatic rings. The highest BCUT2D eigenvalue weighted by atomic mass is 32.1. The molecule has 4 atom stereocenters. The summed E-state index contributed by atoms with van der Waals surface area (Å²) in [5.41, 5.74) is 10.1. The lowest BCUT2D eigenvalue weighted by Gasteiger charge is -2.47. The molecular formula is C25H35N5O2S. The van der Waals surface area contributed by atoms with Crippen LogP contribution in [0.5, 0.6) is 0 Å². The Balaban J connectivity index is 1.54. The van der Waals surface area contributed by atoms with Crippen molar-refractivity contribution in [2.45, 2.75) is 65.8 Å². The van der Waals surface area contributed by atoms with Crippen molar-refractivity contribution in [2.24, 2.45) is 23.7 Å². The van der Waals surface area contributed by atoms with Gasteiger partial charge in [-0.1, -0.05) is 20.8 Å². The summed E-state index contributed by atoms with van der Waals surface area (Å²) in [4.78, 5) is 38.3. The summed E-state index contributed by atoms with van der Waals surface area (Å²) >= 11 is 1.73. The highest BCUT2D eigenvalue weighted by molar-refractivity contribution is 7.09. The van der Waals surface area contributed by atoms with Crippen LogP contribution in [0.4, 0.5) is 11.5 Å². The quantitative estimate of drug-likeness (QED) is 0.657. The molecule has 1 aliphatic carbocycles. The number of anilines is 2. The van der Waals surface area contributed by atoms with E-state index in [2.05, 4.69) is 36.1 Å². The van der Waals surface area contributed by atoms with Crippen molar-refractivity contribution >= 4 is 34.7 Å². The van der Waals surface area contributed by atoms with Crippen LogP contribution in [0, 0.1) is 30.6 Å². The van der Waals surface area contributed by atoms with Gasteiger partial charge in [-0.15, -0.1) is 11.3 Å². The fourth-order valence-electron chi connectivity index (χ4n) is 5.51. The van der Waals surface area contributed by atoms with Crippen molar-refractivity contribution in [3.05, 3.63) is 33.9 Å². The molecule has 2 aromatic rings. The summed E-state index contributed by atoms with van der Waals surface area (Å²) in [5.74, 6) is 1.22. The SMILES string of the molecule is Cc1cc(NC(=O)C(=O)N2C[C@H](C)[C@@H](CC(C)C)C[C@H]2C2CCc3scnc3C2)cnc1N. The zero-order valence-corrected chi connectivity index (χ0v) is 20.8. The fourth-order valence-corrected chi connectivity index (χ4v) is 6.32. The Morgan fingerprint density at radius 1 is 1.33 bits per heavy atom. The van der Waals surface area contributed by atoms with Crippen LogP contribution in [0.15, 0.2) is 17.8 Å². The predicted molar refractivity (Wildman–Crippen MR) is 132 cm³/mol. The molecule has 1 aliphatic heterocycles. The molecule has 0 aromatic carbocycles. The molecule has 8 heteroatoms. The van der Waals surface area contributed by atoms with Crippen LogP contribution in [-0.2, 0) is 22.4 Å². The highest BCUT2D eigenvalue weighted by Crippen LogP contribution is 2.40. The number of piperidine rings is 1. The van der Waals surface area contributed by atoms with Gasteiger partial charge in [-0.2, -0.15) is 0 Å². The van der Waals surface area contributed by atoms with Crippen LogP contribution < -0.4 is 11.1 Å². The largest absolute Gasteiger partial charge is 0.383 e. The molecule has 1 saturated heterocycles. The molecule has 4 rings (SSSR count). The third kappa shape index (κ3) is 5.21. The second kappa shape index (κ2) is 9.79. The van der Waals surface area contributed by atoms with E-state index >= 15 is 0 Å². The summed E-state index contributed by atoms with van der Waals surface area (Å²) in [6.45, 7) is 9.18. The van der Waals surface area contributed by atoms with E-state index in [1.807, 2.05) is 17.3 Å². The third-order valence-electron chi connectivity index (χ3n) is 7.31. The molecule has 0 radical (unpaired) electrons. The maximum absolute atomic E-state index is 13.4. The summed E-state index contributed by atoms with van der Waals surface area (Å²) in [6.07, 6.45) is 6.53.